The van der Waals surface area contributed by atoms with Crippen LogP contribution in [0, 0.1) is 0 Å². The van der Waals surface area contributed by atoms with Gasteiger partial charge in [-0.2, -0.15) is 0 Å². The lowest BCUT2D eigenvalue weighted by atomic mass is 9.80. The minimum absolute atomic E-state index is 0.434. The van der Waals surface area contributed by atoms with E-state index < -0.39 is 5.60 Å². The highest BCUT2D eigenvalue weighted by molar-refractivity contribution is 5.24. The maximum atomic E-state index is 11.1. The summed E-state index contributed by atoms with van der Waals surface area (Å²) in [6.07, 6.45) is 5.04. The van der Waals surface area contributed by atoms with Gasteiger partial charge in [-0.05, 0) is 48.9 Å². The first-order valence-electron chi connectivity index (χ1n) is 10.3. The van der Waals surface area contributed by atoms with Crippen LogP contribution in [0.15, 0.2) is 79.0 Å². The van der Waals surface area contributed by atoms with Gasteiger partial charge in [-0.3, -0.25) is 4.98 Å². The van der Waals surface area contributed by atoms with E-state index in [-0.39, 0.29) is 0 Å². The first kappa shape index (κ1) is 19.6. The van der Waals surface area contributed by atoms with Crippen LogP contribution < -0.4 is 10.1 Å². The molecule has 0 bridgehead atoms. The second-order valence-corrected chi connectivity index (χ2v) is 7.83. The molecule has 3 aromatic rings. The lowest BCUT2D eigenvalue weighted by molar-refractivity contribution is -0.0124. The number of ether oxygens (including phenoxy) is 1. The van der Waals surface area contributed by atoms with Gasteiger partial charge < -0.3 is 15.2 Å². The third kappa shape index (κ3) is 5.22. The molecule has 2 N–H and O–H groups in total. The number of aliphatic hydroxyl groups is 1. The molecule has 1 saturated carbocycles. The third-order valence-corrected chi connectivity index (χ3v) is 5.71. The Hall–Kier alpha value is -2.69. The van der Waals surface area contributed by atoms with Crippen LogP contribution in [0.1, 0.15) is 42.5 Å². The zero-order chi connectivity index (χ0) is 19.9. The highest BCUT2D eigenvalue weighted by Gasteiger charge is 2.35. The Morgan fingerprint density at radius 3 is 2.17 bits per heavy atom. The summed E-state index contributed by atoms with van der Waals surface area (Å²) in [5.41, 5.74) is 2.31. The van der Waals surface area contributed by atoms with Gasteiger partial charge in [-0.25, -0.2) is 0 Å². The molecule has 0 radical (unpaired) electrons. The van der Waals surface area contributed by atoms with Crippen LogP contribution in [-0.2, 0) is 18.8 Å². The lowest BCUT2D eigenvalue weighted by Gasteiger charge is -2.36. The molecule has 150 valence electrons. The van der Waals surface area contributed by atoms with Gasteiger partial charge in [0.15, 0.2) is 0 Å². The van der Waals surface area contributed by atoms with E-state index in [2.05, 4.69) is 34.6 Å². The molecule has 0 aliphatic heterocycles. The van der Waals surface area contributed by atoms with E-state index in [0.717, 1.165) is 49.2 Å². The number of nitrogens with one attached hydrogen (secondary N) is 1. The number of hydrogen-bond acceptors (Lipinski definition) is 4. The van der Waals surface area contributed by atoms with E-state index in [4.69, 9.17) is 4.74 Å². The fourth-order valence-corrected chi connectivity index (χ4v) is 3.90. The van der Waals surface area contributed by atoms with Crippen molar-refractivity contribution in [3.63, 3.8) is 0 Å². The highest BCUT2D eigenvalue weighted by atomic mass is 16.5. The van der Waals surface area contributed by atoms with Crippen molar-refractivity contribution in [2.24, 2.45) is 0 Å². The van der Waals surface area contributed by atoms with Crippen molar-refractivity contribution in [2.75, 3.05) is 0 Å². The average Bonchev–Trinajstić information content (AvgIpc) is 2.79. The second-order valence-electron chi connectivity index (χ2n) is 7.83. The largest absolute Gasteiger partial charge is 0.487 e. The molecule has 4 heteroatoms. The summed E-state index contributed by atoms with van der Waals surface area (Å²) < 4.78 is 5.80. The van der Waals surface area contributed by atoms with Gasteiger partial charge in [-0.1, -0.05) is 60.7 Å². The Labute approximate surface area is 172 Å². The molecule has 1 fully saturated rings. The molecule has 0 unspecified atom stereocenters. The molecule has 0 amide bonds. The number of pyridine rings is 1. The van der Waals surface area contributed by atoms with E-state index in [0.29, 0.717) is 12.6 Å². The molecule has 29 heavy (non-hydrogen) atoms. The minimum atomic E-state index is -0.844. The van der Waals surface area contributed by atoms with Crippen LogP contribution in [0.4, 0.5) is 0 Å². The summed E-state index contributed by atoms with van der Waals surface area (Å²) in [6, 6.07) is 24.7. The van der Waals surface area contributed by atoms with Crippen molar-refractivity contribution in [3.05, 3.63) is 95.8 Å². The van der Waals surface area contributed by atoms with E-state index in [1.807, 2.05) is 48.5 Å². The molecule has 1 aliphatic carbocycles. The second kappa shape index (κ2) is 9.21. The lowest BCUT2D eigenvalue weighted by Crippen LogP contribution is -2.40. The number of nitrogens with zero attached hydrogens (tertiary/aromatic N) is 1. The van der Waals surface area contributed by atoms with Crippen LogP contribution in [0.3, 0.4) is 0 Å². The van der Waals surface area contributed by atoms with Gasteiger partial charge in [-0.15, -0.1) is 0 Å². The Bertz CT molecular complexity index is 874. The molecular weight excluding hydrogens is 360 g/mol. The third-order valence-electron chi connectivity index (χ3n) is 5.71. The summed E-state index contributed by atoms with van der Waals surface area (Å²) in [5, 5.41) is 14.7. The molecule has 4 rings (SSSR count). The van der Waals surface area contributed by atoms with Crippen LogP contribution in [0.25, 0.3) is 0 Å². The SMILES string of the molecule is O[C@]1(c2ccc(OCc3ccccc3)cn2)CC[C@@H](NCc2ccccc2)CC1. The number of hydrogen-bond donors (Lipinski definition) is 2. The molecule has 1 heterocycles. The van der Waals surface area contributed by atoms with E-state index in [1.54, 1.807) is 6.20 Å². The molecule has 0 saturated heterocycles. The maximum absolute atomic E-state index is 11.1. The van der Waals surface area contributed by atoms with Crippen LogP contribution in [0.5, 0.6) is 5.75 Å². The predicted octanol–water partition coefficient (Wildman–Crippen LogP) is 4.58. The summed E-state index contributed by atoms with van der Waals surface area (Å²) >= 11 is 0. The Morgan fingerprint density at radius 2 is 1.55 bits per heavy atom. The zero-order valence-electron chi connectivity index (χ0n) is 16.6. The number of benzene rings is 2. The smallest absolute Gasteiger partial charge is 0.138 e. The summed E-state index contributed by atoms with van der Waals surface area (Å²) in [4.78, 5) is 4.51. The van der Waals surface area contributed by atoms with Crippen LogP contribution in [-0.4, -0.2) is 16.1 Å². The molecule has 0 atom stereocenters. The molecule has 0 spiro atoms. The monoisotopic (exact) mass is 388 g/mol. The van der Waals surface area contributed by atoms with Gasteiger partial charge in [0.1, 0.15) is 18.0 Å². The fourth-order valence-electron chi connectivity index (χ4n) is 3.90. The van der Waals surface area contributed by atoms with Crippen molar-refractivity contribution in [1.29, 1.82) is 0 Å². The molecule has 4 nitrogen and oxygen atoms in total. The summed E-state index contributed by atoms with van der Waals surface area (Å²) in [5.74, 6) is 0.722. The van der Waals surface area contributed by atoms with Crippen molar-refractivity contribution in [3.8, 4) is 5.75 Å². The summed E-state index contributed by atoms with van der Waals surface area (Å²) in [6.45, 7) is 1.39. The Kier molecular flexibility index (Phi) is 6.23. The van der Waals surface area contributed by atoms with E-state index in [9.17, 15) is 5.11 Å². The van der Waals surface area contributed by atoms with Gasteiger partial charge in [0.25, 0.3) is 0 Å². The van der Waals surface area contributed by atoms with Crippen LogP contribution >= 0.6 is 0 Å². The van der Waals surface area contributed by atoms with Crippen molar-refractivity contribution >= 4 is 0 Å². The predicted molar refractivity (Wildman–Crippen MR) is 114 cm³/mol. The average molecular weight is 389 g/mol. The standard InChI is InChI=1S/C25H28N2O2/c28-25(15-13-22(14-16-25)26-17-20-7-3-1-4-8-20)24-12-11-23(18-27-24)29-19-21-9-5-2-6-10-21/h1-12,18,22,26,28H,13-17,19H2/t22-,25-. The molecule has 1 aromatic heterocycles. The van der Waals surface area contributed by atoms with Gasteiger partial charge in [0.05, 0.1) is 11.9 Å². The van der Waals surface area contributed by atoms with E-state index >= 15 is 0 Å². The Morgan fingerprint density at radius 1 is 0.897 bits per heavy atom. The van der Waals surface area contributed by atoms with E-state index in [1.165, 1.54) is 5.56 Å². The highest BCUT2D eigenvalue weighted by Crippen LogP contribution is 2.36. The first-order valence-corrected chi connectivity index (χ1v) is 10.3. The van der Waals surface area contributed by atoms with Gasteiger partial charge in [0, 0.05) is 12.6 Å². The first-order chi connectivity index (χ1) is 14.2. The number of aromatic nitrogens is 1. The molecular formula is C25H28N2O2. The maximum Gasteiger partial charge on any atom is 0.138 e. The van der Waals surface area contributed by atoms with Gasteiger partial charge in [0.2, 0.25) is 0 Å². The Balaban J connectivity index is 1.28. The quantitative estimate of drug-likeness (QED) is 0.622. The fraction of sp³-hybridized carbons (Fsp3) is 0.320. The minimum Gasteiger partial charge on any atom is -0.487 e. The van der Waals surface area contributed by atoms with Crippen molar-refractivity contribution in [2.45, 2.75) is 50.5 Å². The molecule has 2 aromatic carbocycles. The topological polar surface area (TPSA) is 54.4 Å². The van der Waals surface area contributed by atoms with Crippen LogP contribution in [0.2, 0.25) is 0 Å². The van der Waals surface area contributed by atoms with Crippen molar-refractivity contribution in [1.82, 2.24) is 10.3 Å². The van der Waals surface area contributed by atoms with Crippen molar-refractivity contribution < 1.29 is 9.84 Å². The molecule has 1 aliphatic rings. The zero-order valence-corrected chi connectivity index (χ0v) is 16.6. The normalized spacial score (nSPS) is 21.6. The summed E-state index contributed by atoms with van der Waals surface area (Å²) in [7, 11) is 0. The van der Waals surface area contributed by atoms with Gasteiger partial charge >= 0.3 is 0 Å². The number of rotatable bonds is 7.